The number of benzene rings is 1. The number of aromatic nitrogens is 1. The van der Waals surface area contributed by atoms with Crippen molar-refractivity contribution in [1.29, 1.82) is 0 Å². The Kier molecular flexibility index (Phi) is 4.92. The first-order valence-electron chi connectivity index (χ1n) is 8.54. The zero-order valence-electron chi connectivity index (χ0n) is 15.0. The highest BCUT2D eigenvalue weighted by atomic mass is 32.1. The Morgan fingerprint density at radius 1 is 1.22 bits per heavy atom. The Hall–Kier alpha value is -2.70. The number of nitrogens with zero attached hydrogens (tertiary/aromatic N) is 2. The van der Waals surface area contributed by atoms with Gasteiger partial charge in [0.1, 0.15) is 5.76 Å². The van der Waals surface area contributed by atoms with Crippen LogP contribution in [0.1, 0.15) is 21.8 Å². The molecular weight excluding hydrogens is 376 g/mol. The molecule has 0 unspecified atom stereocenters. The van der Waals surface area contributed by atoms with E-state index in [0.29, 0.717) is 11.7 Å². The third-order valence-corrected chi connectivity index (χ3v) is 6.28. The molecule has 27 heavy (non-hydrogen) atoms. The van der Waals surface area contributed by atoms with E-state index in [9.17, 15) is 4.79 Å². The van der Waals surface area contributed by atoms with Crippen LogP contribution in [0.5, 0.6) is 0 Å². The summed E-state index contributed by atoms with van der Waals surface area (Å²) in [6, 6.07) is 11.8. The molecule has 0 N–H and O–H groups in total. The van der Waals surface area contributed by atoms with Crippen molar-refractivity contribution in [3.8, 4) is 0 Å². The minimum absolute atomic E-state index is 0.117. The maximum atomic E-state index is 13.0. The predicted octanol–water partition coefficient (Wildman–Crippen LogP) is 5.81. The third-order valence-electron chi connectivity index (χ3n) is 4.40. The molecule has 3 aromatic heterocycles. The first-order valence-corrected chi connectivity index (χ1v) is 10.2. The summed E-state index contributed by atoms with van der Waals surface area (Å²) in [5, 5.41) is 2.67. The summed E-state index contributed by atoms with van der Waals surface area (Å²) >= 11 is 3.12. The highest BCUT2D eigenvalue weighted by molar-refractivity contribution is 7.22. The van der Waals surface area contributed by atoms with Crippen molar-refractivity contribution in [2.75, 3.05) is 4.90 Å². The van der Waals surface area contributed by atoms with Crippen molar-refractivity contribution in [2.24, 2.45) is 0 Å². The highest BCUT2D eigenvalue weighted by Crippen LogP contribution is 2.33. The number of thiazole rings is 1. The summed E-state index contributed by atoms with van der Waals surface area (Å²) in [5.74, 6) is 0.605. The number of carbonyl (C=O) groups is 1. The third kappa shape index (κ3) is 3.72. The molecule has 1 aromatic carbocycles. The van der Waals surface area contributed by atoms with Crippen molar-refractivity contribution >= 4 is 50.0 Å². The second kappa shape index (κ2) is 7.50. The highest BCUT2D eigenvalue weighted by Gasteiger charge is 2.20. The second-order valence-electron chi connectivity index (χ2n) is 6.20. The van der Waals surface area contributed by atoms with Crippen molar-refractivity contribution in [1.82, 2.24) is 4.98 Å². The van der Waals surface area contributed by atoms with Gasteiger partial charge in [-0.1, -0.05) is 23.5 Å². The Morgan fingerprint density at radius 2 is 2.11 bits per heavy atom. The SMILES string of the molecule is Cc1ccc2sc(N(Cc3ccco3)C(=O)/C=C/c3cccs3)nc2c1C. The molecule has 4 rings (SSSR count). The molecule has 0 spiro atoms. The van der Waals surface area contributed by atoms with Gasteiger partial charge in [0.15, 0.2) is 5.13 Å². The predicted molar refractivity (Wildman–Crippen MR) is 112 cm³/mol. The van der Waals surface area contributed by atoms with Gasteiger partial charge < -0.3 is 4.42 Å². The van der Waals surface area contributed by atoms with E-state index < -0.39 is 0 Å². The minimum Gasteiger partial charge on any atom is -0.467 e. The molecule has 1 amide bonds. The molecule has 0 radical (unpaired) electrons. The van der Waals surface area contributed by atoms with E-state index in [0.717, 1.165) is 26.4 Å². The van der Waals surface area contributed by atoms with Crippen molar-refractivity contribution in [3.63, 3.8) is 0 Å². The molecular formula is C21H18N2O2S2. The molecule has 0 saturated heterocycles. The van der Waals surface area contributed by atoms with Crippen LogP contribution in [0.15, 0.2) is 58.5 Å². The number of carbonyl (C=O) groups excluding carboxylic acids is 1. The van der Waals surface area contributed by atoms with Crippen molar-refractivity contribution in [2.45, 2.75) is 20.4 Å². The quantitative estimate of drug-likeness (QED) is 0.401. The Labute approximate surface area is 165 Å². The van der Waals surface area contributed by atoms with Gasteiger partial charge in [-0.2, -0.15) is 0 Å². The topological polar surface area (TPSA) is 46.3 Å². The van der Waals surface area contributed by atoms with Crippen molar-refractivity contribution in [3.05, 3.63) is 75.9 Å². The Bertz CT molecular complexity index is 1090. The van der Waals surface area contributed by atoms with Gasteiger partial charge in [0.05, 0.1) is 23.0 Å². The maximum absolute atomic E-state index is 13.0. The normalized spacial score (nSPS) is 11.5. The lowest BCUT2D eigenvalue weighted by Crippen LogP contribution is -2.28. The average molecular weight is 395 g/mol. The molecule has 3 heterocycles. The van der Waals surface area contributed by atoms with Gasteiger partial charge in [-0.05, 0) is 60.7 Å². The van der Waals surface area contributed by atoms with Gasteiger partial charge in [-0.25, -0.2) is 4.98 Å². The fourth-order valence-corrected chi connectivity index (χ4v) is 4.41. The smallest absolute Gasteiger partial charge is 0.253 e. The lowest BCUT2D eigenvalue weighted by atomic mass is 10.1. The Balaban J connectivity index is 1.71. The van der Waals surface area contributed by atoms with Gasteiger partial charge in [0.25, 0.3) is 5.91 Å². The molecule has 0 saturated carbocycles. The van der Waals surface area contributed by atoms with Gasteiger partial charge in [-0.3, -0.25) is 9.69 Å². The molecule has 0 aliphatic heterocycles. The van der Waals surface area contributed by atoms with E-state index in [1.54, 1.807) is 28.6 Å². The number of furan rings is 1. The van der Waals surface area contributed by atoms with Crippen LogP contribution in [-0.4, -0.2) is 10.9 Å². The summed E-state index contributed by atoms with van der Waals surface area (Å²) in [7, 11) is 0. The standard InChI is InChI=1S/C21H18N2O2S2/c1-14-7-9-18-20(15(14)2)22-21(27-18)23(13-16-5-3-11-25-16)19(24)10-8-17-6-4-12-26-17/h3-12H,13H2,1-2H3/b10-8+. The van der Waals surface area contributed by atoms with E-state index in [4.69, 9.17) is 9.40 Å². The fourth-order valence-electron chi connectivity index (χ4n) is 2.76. The van der Waals surface area contributed by atoms with Crippen LogP contribution in [0.3, 0.4) is 0 Å². The number of anilines is 1. The minimum atomic E-state index is -0.117. The Morgan fingerprint density at radius 3 is 2.85 bits per heavy atom. The monoisotopic (exact) mass is 394 g/mol. The lowest BCUT2D eigenvalue weighted by molar-refractivity contribution is -0.114. The fraction of sp³-hybridized carbons (Fsp3) is 0.143. The molecule has 0 bridgehead atoms. The van der Waals surface area contributed by atoms with Crippen LogP contribution in [0, 0.1) is 13.8 Å². The molecule has 4 aromatic rings. The number of aryl methyl sites for hydroxylation is 2. The maximum Gasteiger partial charge on any atom is 0.253 e. The molecule has 0 aliphatic rings. The lowest BCUT2D eigenvalue weighted by Gasteiger charge is -2.16. The molecule has 136 valence electrons. The van der Waals surface area contributed by atoms with E-state index >= 15 is 0 Å². The van der Waals surface area contributed by atoms with Crippen LogP contribution in [0.2, 0.25) is 0 Å². The number of rotatable bonds is 5. The summed E-state index contributed by atoms with van der Waals surface area (Å²) in [4.78, 5) is 20.4. The van der Waals surface area contributed by atoms with E-state index in [-0.39, 0.29) is 5.91 Å². The first-order chi connectivity index (χ1) is 13.1. The molecule has 0 aliphatic carbocycles. The average Bonchev–Trinajstić information content (AvgIpc) is 3.42. The van der Waals surface area contributed by atoms with E-state index in [1.807, 2.05) is 35.7 Å². The molecule has 0 atom stereocenters. The number of thiophene rings is 1. The van der Waals surface area contributed by atoms with Gasteiger partial charge in [-0.15, -0.1) is 11.3 Å². The number of hydrogen-bond acceptors (Lipinski definition) is 5. The molecule has 4 nitrogen and oxygen atoms in total. The molecule has 0 fully saturated rings. The van der Waals surface area contributed by atoms with Gasteiger partial charge >= 0.3 is 0 Å². The van der Waals surface area contributed by atoms with E-state index in [1.165, 1.54) is 16.9 Å². The number of fused-ring (bicyclic) bond motifs is 1. The zero-order chi connectivity index (χ0) is 18.8. The number of amides is 1. The van der Waals surface area contributed by atoms with Gasteiger partial charge in [0, 0.05) is 11.0 Å². The summed E-state index contributed by atoms with van der Waals surface area (Å²) in [6.07, 6.45) is 5.05. The van der Waals surface area contributed by atoms with Crippen LogP contribution < -0.4 is 4.90 Å². The van der Waals surface area contributed by atoms with Crippen molar-refractivity contribution < 1.29 is 9.21 Å². The van der Waals surface area contributed by atoms with Crippen LogP contribution in [0.4, 0.5) is 5.13 Å². The largest absolute Gasteiger partial charge is 0.467 e. The number of hydrogen-bond donors (Lipinski definition) is 0. The van der Waals surface area contributed by atoms with Crippen LogP contribution in [-0.2, 0) is 11.3 Å². The summed E-state index contributed by atoms with van der Waals surface area (Å²) in [6.45, 7) is 4.48. The van der Waals surface area contributed by atoms with Crippen LogP contribution >= 0.6 is 22.7 Å². The zero-order valence-corrected chi connectivity index (χ0v) is 16.6. The first kappa shape index (κ1) is 17.7. The summed E-state index contributed by atoms with van der Waals surface area (Å²) in [5.41, 5.74) is 3.30. The summed E-state index contributed by atoms with van der Waals surface area (Å²) < 4.78 is 6.54. The van der Waals surface area contributed by atoms with Gasteiger partial charge in [0.2, 0.25) is 0 Å². The molecule has 6 heteroatoms. The van der Waals surface area contributed by atoms with Crippen LogP contribution in [0.25, 0.3) is 16.3 Å². The van der Waals surface area contributed by atoms with E-state index in [2.05, 4.69) is 26.0 Å². The second-order valence-corrected chi connectivity index (χ2v) is 8.19.